The predicted octanol–water partition coefficient (Wildman–Crippen LogP) is 2.67. The number of carbonyl (C=O) groups is 3. The Labute approximate surface area is 145 Å². The second-order valence-corrected chi connectivity index (χ2v) is 6.08. The highest BCUT2D eigenvalue weighted by Gasteiger charge is 2.38. The highest BCUT2D eigenvalue weighted by atomic mass is 32.2. The summed E-state index contributed by atoms with van der Waals surface area (Å²) < 4.78 is 5.48. The standard InChI is InChI=1S/C17H10N2O5S/c20-14(9-25-17-18-12-7-3-4-8-13(12)23-17)24-19-15(21)10-5-1-2-6-11(10)16(19)22/h1-8H,9H2. The summed E-state index contributed by atoms with van der Waals surface area (Å²) in [6, 6.07) is 13.5. The van der Waals surface area contributed by atoms with Gasteiger partial charge < -0.3 is 9.25 Å². The van der Waals surface area contributed by atoms with Gasteiger partial charge in [-0.05, 0) is 24.3 Å². The molecule has 0 unspecified atom stereocenters. The van der Waals surface area contributed by atoms with Crippen LogP contribution >= 0.6 is 11.8 Å². The summed E-state index contributed by atoms with van der Waals surface area (Å²) >= 11 is 1.02. The van der Waals surface area contributed by atoms with E-state index in [-0.39, 0.29) is 16.9 Å². The maximum atomic E-state index is 12.1. The Balaban J connectivity index is 1.41. The van der Waals surface area contributed by atoms with Crippen LogP contribution in [0, 0.1) is 0 Å². The fraction of sp³-hybridized carbons (Fsp3) is 0.0588. The quantitative estimate of drug-likeness (QED) is 0.525. The number of hydrogen-bond donors (Lipinski definition) is 0. The molecule has 0 aliphatic carbocycles. The Hall–Kier alpha value is -3.13. The number of amides is 2. The lowest BCUT2D eigenvalue weighted by atomic mass is 10.1. The van der Waals surface area contributed by atoms with Gasteiger partial charge in [-0.1, -0.05) is 41.1 Å². The lowest BCUT2D eigenvalue weighted by Gasteiger charge is -2.11. The number of carbonyl (C=O) groups excluding carboxylic acids is 3. The summed E-state index contributed by atoms with van der Waals surface area (Å²) in [6.07, 6.45) is 0. The molecular formula is C17H10N2O5S. The minimum absolute atomic E-state index is 0.153. The molecule has 0 N–H and O–H groups in total. The molecule has 1 aromatic heterocycles. The van der Waals surface area contributed by atoms with Crippen LogP contribution in [0.1, 0.15) is 20.7 Å². The van der Waals surface area contributed by atoms with Crippen LogP contribution < -0.4 is 0 Å². The first-order valence-electron chi connectivity index (χ1n) is 7.30. The minimum atomic E-state index is -0.748. The van der Waals surface area contributed by atoms with Crippen LogP contribution in [0.2, 0.25) is 0 Å². The number of fused-ring (bicyclic) bond motifs is 2. The number of aromatic nitrogens is 1. The Morgan fingerprint density at radius 3 is 2.36 bits per heavy atom. The SMILES string of the molecule is O=C(CSc1nc2ccccc2o1)ON1C(=O)c2ccccc2C1=O. The number of benzene rings is 2. The summed E-state index contributed by atoms with van der Waals surface area (Å²) in [7, 11) is 0. The van der Waals surface area contributed by atoms with Crippen molar-refractivity contribution in [3.63, 3.8) is 0 Å². The molecule has 8 heteroatoms. The van der Waals surface area contributed by atoms with E-state index >= 15 is 0 Å². The first-order chi connectivity index (χ1) is 12.1. The first-order valence-corrected chi connectivity index (χ1v) is 8.29. The molecule has 2 heterocycles. The van der Waals surface area contributed by atoms with Crippen molar-refractivity contribution in [2.75, 3.05) is 5.75 Å². The smallest absolute Gasteiger partial charge is 0.343 e. The molecule has 1 aliphatic rings. The molecule has 0 saturated carbocycles. The largest absolute Gasteiger partial charge is 0.431 e. The van der Waals surface area contributed by atoms with Gasteiger partial charge in [0.25, 0.3) is 17.0 Å². The van der Waals surface area contributed by atoms with Crippen LogP contribution in [-0.4, -0.2) is 33.6 Å². The number of oxazole rings is 1. The van der Waals surface area contributed by atoms with E-state index in [1.807, 2.05) is 12.1 Å². The van der Waals surface area contributed by atoms with Crippen molar-refractivity contribution < 1.29 is 23.6 Å². The van der Waals surface area contributed by atoms with Crippen molar-refractivity contribution in [3.05, 3.63) is 59.7 Å². The summed E-state index contributed by atoms with van der Waals surface area (Å²) in [6.45, 7) is 0. The number of thioether (sulfide) groups is 1. The van der Waals surface area contributed by atoms with E-state index in [4.69, 9.17) is 9.25 Å². The summed E-state index contributed by atoms with van der Waals surface area (Å²) in [5.74, 6) is -2.20. The van der Waals surface area contributed by atoms with E-state index < -0.39 is 17.8 Å². The van der Waals surface area contributed by atoms with Crippen molar-refractivity contribution in [2.45, 2.75) is 5.22 Å². The Morgan fingerprint density at radius 1 is 1.04 bits per heavy atom. The van der Waals surface area contributed by atoms with Gasteiger partial charge in [-0.25, -0.2) is 9.78 Å². The van der Waals surface area contributed by atoms with Gasteiger partial charge in [-0.2, -0.15) is 0 Å². The average Bonchev–Trinajstić information content (AvgIpc) is 3.15. The maximum Gasteiger partial charge on any atom is 0.343 e. The van der Waals surface area contributed by atoms with E-state index in [2.05, 4.69) is 4.98 Å². The molecule has 0 bridgehead atoms. The minimum Gasteiger partial charge on any atom is -0.431 e. The number of para-hydroxylation sites is 2. The van der Waals surface area contributed by atoms with Crippen molar-refractivity contribution >= 4 is 40.6 Å². The fourth-order valence-electron chi connectivity index (χ4n) is 2.41. The molecule has 7 nitrogen and oxygen atoms in total. The van der Waals surface area contributed by atoms with E-state index in [0.717, 1.165) is 11.8 Å². The van der Waals surface area contributed by atoms with Gasteiger partial charge in [0.1, 0.15) is 11.3 Å². The summed E-state index contributed by atoms with van der Waals surface area (Å²) in [4.78, 5) is 45.4. The van der Waals surface area contributed by atoms with Gasteiger partial charge in [0.15, 0.2) is 5.58 Å². The van der Waals surface area contributed by atoms with Crippen LogP contribution in [0.5, 0.6) is 0 Å². The van der Waals surface area contributed by atoms with Crippen LogP contribution in [0.15, 0.2) is 58.2 Å². The molecule has 4 rings (SSSR count). The first kappa shape index (κ1) is 15.4. The number of imide groups is 1. The molecule has 0 spiro atoms. The van der Waals surface area contributed by atoms with Gasteiger partial charge >= 0.3 is 5.97 Å². The molecule has 0 fully saturated rings. The second-order valence-electron chi connectivity index (χ2n) is 5.15. The molecule has 1 aliphatic heterocycles. The van der Waals surface area contributed by atoms with Crippen molar-refractivity contribution in [1.29, 1.82) is 0 Å². The molecule has 25 heavy (non-hydrogen) atoms. The molecule has 2 aromatic carbocycles. The van der Waals surface area contributed by atoms with Gasteiger partial charge in [0.2, 0.25) is 0 Å². The third-order valence-corrected chi connectivity index (χ3v) is 4.34. The third kappa shape index (κ3) is 2.76. The molecular weight excluding hydrogens is 344 g/mol. The highest BCUT2D eigenvalue weighted by molar-refractivity contribution is 7.99. The molecule has 3 aromatic rings. The zero-order valence-electron chi connectivity index (χ0n) is 12.7. The molecule has 0 atom stereocenters. The number of hydrogen-bond acceptors (Lipinski definition) is 7. The Bertz CT molecular complexity index is 945. The van der Waals surface area contributed by atoms with Gasteiger partial charge in [-0.3, -0.25) is 9.59 Å². The summed E-state index contributed by atoms with van der Waals surface area (Å²) in [5.41, 5.74) is 1.72. The fourth-order valence-corrected chi connectivity index (χ4v) is 3.02. The normalized spacial score (nSPS) is 13.4. The van der Waals surface area contributed by atoms with Crippen molar-refractivity contribution in [3.8, 4) is 0 Å². The summed E-state index contributed by atoms with van der Waals surface area (Å²) in [5, 5.41) is 0.792. The van der Waals surface area contributed by atoms with E-state index in [9.17, 15) is 14.4 Å². The zero-order valence-corrected chi connectivity index (χ0v) is 13.5. The number of nitrogens with zero attached hydrogens (tertiary/aromatic N) is 2. The van der Waals surface area contributed by atoms with Crippen molar-refractivity contribution in [2.24, 2.45) is 0 Å². The molecule has 124 valence electrons. The Morgan fingerprint density at radius 2 is 1.68 bits per heavy atom. The van der Waals surface area contributed by atoms with Gasteiger partial charge in [0.05, 0.1) is 11.1 Å². The number of hydroxylamine groups is 2. The van der Waals surface area contributed by atoms with Crippen LogP contribution in [-0.2, 0) is 9.63 Å². The predicted molar refractivity (Wildman–Crippen MR) is 87.8 cm³/mol. The lowest BCUT2D eigenvalue weighted by Crippen LogP contribution is -2.33. The number of rotatable bonds is 4. The third-order valence-electron chi connectivity index (χ3n) is 3.54. The average molecular weight is 354 g/mol. The van der Waals surface area contributed by atoms with Gasteiger partial charge in [0, 0.05) is 0 Å². The van der Waals surface area contributed by atoms with E-state index in [0.29, 0.717) is 21.4 Å². The van der Waals surface area contributed by atoms with E-state index in [1.165, 1.54) is 12.1 Å². The monoisotopic (exact) mass is 354 g/mol. The molecule has 0 radical (unpaired) electrons. The van der Waals surface area contributed by atoms with Crippen LogP contribution in [0.25, 0.3) is 11.1 Å². The second kappa shape index (κ2) is 6.06. The van der Waals surface area contributed by atoms with Crippen LogP contribution in [0.3, 0.4) is 0 Å². The molecule has 2 amide bonds. The zero-order chi connectivity index (χ0) is 17.4. The van der Waals surface area contributed by atoms with Gasteiger partial charge in [-0.15, -0.1) is 0 Å². The highest BCUT2D eigenvalue weighted by Crippen LogP contribution is 2.25. The Kier molecular flexibility index (Phi) is 3.73. The molecule has 0 saturated heterocycles. The topological polar surface area (TPSA) is 89.7 Å². The lowest BCUT2D eigenvalue weighted by molar-refractivity contribution is -0.165. The maximum absolute atomic E-state index is 12.1. The van der Waals surface area contributed by atoms with Crippen LogP contribution in [0.4, 0.5) is 0 Å². The van der Waals surface area contributed by atoms with E-state index in [1.54, 1.807) is 24.3 Å². The van der Waals surface area contributed by atoms with Crippen molar-refractivity contribution in [1.82, 2.24) is 10.0 Å².